The highest BCUT2D eigenvalue weighted by atomic mass is 35.5. The van der Waals surface area contributed by atoms with Gasteiger partial charge in [0.05, 0.1) is 4.70 Å². The summed E-state index contributed by atoms with van der Waals surface area (Å²) >= 11 is 8.76. The number of aromatic nitrogens is 1. The fraction of sp³-hybridized carbons (Fsp3) is 0. The predicted octanol–water partition coefficient (Wildman–Crippen LogP) is 4.38. The number of fused-ring (bicyclic) bond motifs is 1. The Kier molecular flexibility index (Phi) is 2.81. The van der Waals surface area contributed by atoms with Gasteiger partial charge in [-0.1, -0.05) is 23.7 Å². The molecule has 3 rings (SSSR count). The summed E-state index contributed by atoms with van der Waals surface area (Å²) in [7, 11) is 0. The minimum Gasteiger partial charge on any atom is -0.476 e. The Morgan fingerprint density at radius 3 is 2.83 bits per heavy atom. The van der Waals surface area contributed by atoms with Gasteiger partial charge in [0.15, 0.2) is 5.69 Å². The molecule has 0 amide bonds. The third-order valence-corrected chi connectivity index (χ3v) is 4.58. The van der Waals surface area contributed by atoms with Crippen LogP contribution in [0.15, 0.2) is 29.6 Å². The Morgan fingerprint density at radius 1 is 1.33 bits per heavy atom. The van der Waals surface area contributed by atoms with Gasteiger partial charge in [-0.15, -0.1) is 11.3 Å². The molecule has 0 bridgehead atoms. The molecule has 0 aliphatic carbocycles. The van der Waals surface area contributed by atoms with Gasteiger partial charge in [-0.25, -0.2) is 4.79 Å². The predicted molar refractivity (Wildman–Crippen MR) is 74.9 cm³/mol. The molecule has 0 atom stereocenters. The van der Waals surface area contributed by atoms with Crippen LogP contribution >= 0.6 is 34.5 Å². The summed E-state index contributed by atoms with van der Waals surface area (Å²) in [6.45, 7) is 0. The maximum Gasteiger partial charge on any atom is 0.356 e. The van der Waals surface area contributed by atoms with E-state index < -0.39 is 5.97 Å². The van der Waals surface area contributed by atoms with Gasteiger partial charge in [0.2, 0.25) is 0 Å². The largest absolute Gasteiger partial charge is 0.476 e. The van der Waals surface area contributed by atoms with Gasteiger partial charge >= 0.3 is 5.97 Å². The second kappa shape index (κ2) is 4.35. The maximum absolute atomic E-state index is 11.0. The first-order chi connectivity index (χ1) is 8.66. The summed E-state index contributed by atoms with van der Waals surface area (Å²) in [5, 5.41) is 11.6. The molecule has 0 unspecified atom stereocenters. The number of carbonyl (C=O) groups is 1. The summed E-state index contributed by atoms with van der Waals surface area (Å²) < 4.78 is 5.54. The summed E-state index contributed by atoms with van der Waals surface area (Å²) in [5.41, 5.74) is 2.06. The lowest BCUT2D eigenvalue weighted by molar-refractivity contribution is 0.0694. The molecule has 3 aromatic rings. The smallest absolute Gasteiger partial charge is 0.356 e. The lowest BCUT2D eigenvalue weighted by Gasteiger charge is -1.99. The molecule has 3 nitrogen and oxygen atoms in total. The van der Waals surface area contributed by atoms with Crippen LogP contribution in [0.2, 0.25) is 4.34 Å². The minimum atomic E-state index is -0.998. The number of carboxylic acids is 1. The molecule has 1 N–H and O–H groups in total. The summed E-state index contributed by atoms with van der Waals surface area (Å²) in [5.74, 6) is -0.998. The molecule has 0 radical (unpaired) electrons. The monoisotopic (exact) mass is 295 g/mol. The second-order valence-corrected chi connectivity index (χ2v) is 5.98. The van der Waals surface area contributed by atoms with Crippen LogP contribution in [0.4, 0.5) is 0 Å². The zero-order chi connectivity index (χ0) is 12.7. The topological polar surface area (TPSA) is 50.2 Å². The molecular weight excluding hydrogens is 290 g/mol. The van der Waals surface area contributed by atoms with Crippen LogP contribution in [0, 0.1) is 0 Å². The van der Waals surface area contributed by atoms with E-state index in [-0.39, 0.29) is 5.69 Å². The fourth-order valence-corrected chi connectivity index (χ4v) is 3.53. The molecule has 2 heterocycles. The zero-order valence-corrected chi connectivity index (χ0v) is 11.3. The van der Waals surface area contributed by atoms with Crippen molar-refractivity contribution in [1.29, 1.82) is 0 Å². The third-order valence-electron chi connectivity index (χ3n) is 2.60. The van der Waals surface area contributed by atoms with Gasteiger partial charge in [0.1, 0.15) is 4.34 Å². The number of rotatable bonds is 2. The molecule has 0 spiro atoms. The minimum absolute atomic E-state index is 0.109. The van der Waals surface area contributed by atoms with E-state index in [4.69, 9.17) is 16.7 Å². The van der Waals surface area contributed by atoms with Gasteiger partial charge in [0, 0.05) is 10.9 Å². The van der Waals surface area contributed by atoms with Crippen molar-refractivity contribution in [3.63, 3.8) is 0 Å². The molecule has 0 aliphatic rings. The molecule has 90 valence electrons. The van der Waals surface area contributed by atoms with Crippen molar-refractivity contribution < 1.29 is 9.90 Å². The molecule has 2 aromatic heterocycles. The first kappa shape index (κ1) is 11.6. The Labute approximate surface area is 115 Å². The van der Waals surface area contributed by atoms with Gasteiger partial charge in [0.25, 0.3) is 0 Å². The van der Waals surface area contributed by atoms with Crippen LogP contribution < -0.4 is 0 Å². The lowest BCUT2D eigenvalue weighted by Crippen LogP contribution is -1.95. The van der Waals surface area contributed by atoms with Crippen LogP contribution in [-0.2, 0) is 0 Å². The Bertz CT molecular complexity index is 747. The van der Waals surface area contributed by atoms with Crippen LogP contribution in [0.5, 0.6) is 0 Å². The summed E-state index contributed by atoms with van der Waals surface area (Å²) in [6, 6.07) is 7.53. The van der Waals surface area contributed by atoms with Crippen molar-refractivity contribution in [3.05, 3.63) is 39.7 Å². The van der Waals surface area contributed by atoms with Crippen molar-refractivity contribution in [2.24, 2.45) is 0 Å². The van der Waals surface area contributed by atoms with E-state index in [0.29, 0.717) is 5.39 Å². The molecule has 0 saturated carbocycles. The highest BCUT2D eigenvalue weighted by Crippen LogP contribution is 2.35. The molecule has 18 heavy (non-hydrogen) atoms. The highest BCUT2D eigenvalue weighted by Gasteiger charge is 2.14. The number of benzene rings is 1. The van der Waals surface area contributed by atoms with E-state index in [1.165, 1.54) is 22.9 Å². The van der Waals surface area contributed by atoms with Crippen molar-refractivity contribution in [1.82, 2.24) is 4.37 Å². The molecular formula is C12H6ClNO2S2. The van der Waals surface area contributed by atoms with Crippen molar-refractivity contribution >= 4 is 50.5 Å². The van der Waals surface area contributed by atoms with Crippen LogP contribution in [0.3, 0.4) is 0 Å². The van der Waals surface area contributed by atoms with Gasteiger partial charge in [-0.3, -0.25) is 0 Å². The average Bonchev–Trinajstić information content (AvgIpc) is 2.93. The zero-order valence-electron chi connectivity index (χ0n) is 8.88. The quantitative estimate of drug-likeness (QED) is 0.763. The fourth-order valence-electron chi connectivity index (χ4n) is 1.76. The number of carboxylic acid groups (broad SMARTS) is 1. The standard InChI is InChI=1S/C12H6ClNO2S2/c13-11-7(3-4-17-11)6-1-2-8-9(5-6)18-14-10(8)12(15)16/h1-5H,(H,15,16). The highest BCUT2D eigenvalue weighted by molar-refractivity contribution is 7.15. The van der Waals surface area contributed by atoms with Crippen molar-refractivity contribution in [2.75, 3.05) is 0 Å². The number of halogens is 1. The van der Waals surface area contributed by atoms with Crippen LogP contribution in [0.25, 0.3) is 21.2 Å². The molecule has 0 fully saturated rings. The van der Waals surface area contributed by atoms with Crippen LogP contribution in [0.1, 0.15) is 10.5 Å². The van der Waals surface area contributed by atoms with Crippen LogP contribution in [-0.4, -0.2) is 15.4 Å². The number of hydrogen-bond donors (Lipinski definition) is 1. The third kappa shape index (κ3) is 1.80. The second-order valence-electron chi connectivity index (χ2n) is 3.66. The van der Waals surface area contributed by atoms with E-state index in [1.807, 2.05) is 23.6 Å². The number of thiophene rings is 1. The first-order valence-corrected chi connectivity index (χ1v) is 7.06. The lowest BCUT2D eigenvalue weighted by atomic mass is 10.1. The van der Waals surface area contributed by atoms with E-state index in [2.05, 4.69) is 4.37 Å². The average molecular weight is 296 g/mol. The van der Waals surface area contributed by atoms with E-state index in [1.54, 1.807) is 6.07 Å². The van der Waals surface area contributed by atoms with Gasteiger partial charge in [-0.2, -0.15) is 4.37 Å². The Morgan fingerprint density at radius 2 is 2.17 bits per heavy atom. The summed E-state index contributed by atoms with van der Waals surface area (Å²) in [6.07, 6.45) is 0. The molecule has 6 heteroatoms. The summed E-state index contributed by atoms with van der Waals surface area (Å²) in [4.78, 5) is 11.0. The molecule has 0 saturated heterocycles. The Balaban J connectivity index is 2.19. The number of nitrogens with zero attached hydrogens (tertiary/aromatic N) is 1. The van der Waals surface area contributed by atoms with Gasteiger partial charge < -0.3 is 5.11 Å². The molecule has 1 aromatic carbocycles. The van der Waals surface area contributed by atoms with Crippen molar-refractivity contribution in [2.45, 2.75) is 0 Å². The van der Waals surface area contributed by atoms with E-state index >= 15 is 0 Å². The van der Waals surface area contributed by atoms with E-state index in [9.17, 15) is 4.79 Å². The Hall–Kier alpha value is -1.43. The maximum atomic E-state index is 11.0. The normalized spacial score (nSPS) is 10.9. The SMILES string of the molecule is O=C(O)c1nsc2cc(-c3ccsc3Cl)ccc12. The number of hydrogen-bond acceptors (Lipinski definition) is 4. The number of aromatic carboxylic acids is 1. The van der Waals surface area contributed by atoms with E-state index in [0.717, 1.165) is 20.2 Å². The molecule has 0 aliphatic heterocycles. The first-order valence-electron chi connectivity index (χ1n) is 5.03. The van der Waals surface area contributed by atoms with Crippen molar-refractivity contribution in [3.8, 4) is 11.1 Å². The van der Waals surface area contributed by atoms with Gasteiger partial charge in [-0.05, 0) is 34.6 Å².